The average Bonchev–Trinajstić information content (AvgIpc) is 2.56. The van der Waals surface area contributed by atoms with Crippen LogP contribution in [0.1, 0.15) is 40.0 Å². The van der Waals surface area contributed by atoms with Gasteiger partial charge in [-0.2, -0.15) is 0 Å². The molecule has 0 bridgehead atoms. The van der Waals surface area contributed by atoms with Crippen LogP contribution in [0, 0.1) is 0 Å². The molecular weight excluding hydrogens is 338 g/mol. The summed E-state index contributed by atoms with van der Waals surface area (Å²) in [6, 6.07) is 6.80. The summed E-state index contributed by atoms with van der Waals surface area (Å²) in [6.45, 7) is 5.33. The van der Waals surface area contributed by atoms with Crippen molar-refractivity contribution < 1.29 is 28.6 Å². The second-order valence-electron chi connectivity index (χ2n) is 7.21. The molecule has 0 saturated carbocycles. The summed E-state index contributed by atoms with van der Waals surface area (Å²) in [5.41, 5.74) is -1.26. The van der Waals surface area contributed by atoms with E-state index in [2.05, 4.69) is 0 Å². The molecule has 2 rings (SSSR count). The minimum Gasteiger partial charge on any atom is -0.497 e. The molecule has 1 amide bonds. The van der Waals surface area contributed by atoms with Crippen LogP contribution < -0.4 is 9.64 Å². The summed E-state index contributed by atoms with van der Waals surface area (Å²) in [6.07, 6.45) is 0.132. The van der Waals surface area contributed by atoms with Crippen LogP contribution in [0.4, 0.5) is 5.69 Å². The molecule has 0 aromatic heterocycles. The van der Waals surface area contributed by atoms with Gasteiger partial charge in [-0.05, 0) is 51.5 Å². The highest BCUT2D eigenvalue weighted by Gasteiger charge is 2.58. The van der Waals surface area contributed by atoms with E-state index in [0.717, 1.165) is 0 Å². The predicted molar refractivity (Wildman–Crippen MR) is 94.9 cm³/mol. The van der Waals surface area contributed by atoms with E-state index in [0.29, 0.717) is 11.4 Å². The van der Waals surface area contributed by atoms with Crippen LogP contribution in [0.2, 0.25) is 0 Å². The lowest BCUT2D eigenvalue weighted by Crippen LogP contribution is -2.68. The quantitative estimate of drug-likeness (QED) is 0.570. The Bertz CT molecular complexity index is 691. The summed E-state index contributed by atoms with van der Waals surface area (Å²) in [7, 11) is 2.82. The van der Waals surface area contributed by atoms with Gasteiger partial charge in [0.25, 0.3) is 0 Å². The third-order valence-corrected chi connectivity index (χ3v) is 4.18. The molecule has 1 heterocycles. The Morgan fingerprint density at radius 3 is 2.23 bits per heavy atom. The van der Waals surface area contributed by atoms with Crippen molar-refractivity contribution >= 4 is 23.5 Å². The van der Waals surface area contributed by atoms with Gasteiger partial charge in [-0.3, -0.25) is 14.5 Å². The first-order valence-corrected chi connectivity index (χ1v) is 8.40. The number of ether oxygens (including phenoxy) is 3. The van der Waals surface area contributed by atoms with Crippen molar-refractivity contribution in [2.75, 3.05) is 19.1 Å². The maximum Gasteiger partial charge on any atom is 0.332 e. The number of β-lactam (4-membered cyclic amide) rings is 1. The molecule has 1 atom stereocenters. The molecule has 26 heavy (non-hydrogen) atoms. The smallest absolute Gasteiger partial charge is 0.332 e. The van der Waals surface area contributed by atoms with E-state index < -0.39 is 23.1 Å². The number of nitrogens with zero attached hydrogens (tertiary/aromatic N) is 1. The van der Waals surface area contributed by atoms with Crippen molar-refractivity contribution in [2.45, 2.75) is 51.2 Å². The van der Waals surface area contributed by atoms with Crippen LogP contribution in [0.15, 0.2) is 24.3 Å². The van der Waals surface area contributed by atoms with Gasteiger partial charge in [-0.1, -0.05) is 0 Å². The highest BCUT2D eigenvalue weighted by Crippen LogP contribution is 2.42. The molecule has 1 aromatic rings. The summed E-state index contributed by atoms with van der Waals surface area (Å²) in [5.74, 6) is -0.532. The predicted octanol–water partition coefficient (Wildman–Crippen LogP) is 2.47. The second-order valence-corrected chi connectivity index (χ2v) is 7.21. The fraction of sp³-hybridized carbons (Fsp3) is 0.526. The number of hydrogen-bond acceptors (Lipinski definition) is 6. The molecule has 1 aliphatic rings. The van der Waals surface area contributed by atoms with Gasteiger partial charge >= 0.3 is 11.9 Å². The standard InChI is InChI=1S/C19H25NO6/c1-18(2,3)26-16(22)10-11-19(17(23)25-5)12-15(21)20(19)13-6-8-14(24-4)9-7-13/h6-9H,10-12H2,1-5H3. The number of rotatable bonds is 6. The van der Waals surface area contributed by atoms with Crippen LogP contribution >= 0.6 is 0 Å². The van der Waals surface area contributed by atoms with Crippen LogP contribution in [0.25, 0.3) is 0 Å². The van der Waals surface area contributed by atoms with E-state index in [-0.39, 0.29) is 25.2 Å². The van der Waals surface area contributed by atoms with Gasteiger partial charge in [0, 0.05) is 12.1 Å². The van der Waals surface area contributed by atoms with Crippen LogP contribution in [0.5, 0.6) is 5.75 Å². The van der Waals surface area contributed by atoms with E-state index in [1.165, 1.54) is 12.0 Å². The molecule has 7 heteroatoms. The molecule has 7 nitrogen and oxygen atoms in total. The lowest BCUT2D eigenvalue weighted by molar-refractivity contribution is -0.159. The van der Waals surface area contributed by atoms with Crippen LogP contribution in [-0.2, 0) is 23.9 Å². The number of hydrogen-bond donors (Lipinski definition) is 0. The Morgan fingerprint density at radius 2 is 1.77 bits per heavy atom. The maximum absolute atomic E-state index is 12.5. The lowest BCUT2D eigenvalue weighted by Gasteiger charge is -2.49. The zero-order valence-electron chi connectivity index (χ0n) is 15.8. The molecule has 0 N–H and O–H groups in total. The second kappa shape index (κ2) is 7.35. The molecule has 0 spiro atoms. The lowest BCUT2D eigenvalue weighted by atomic mass is 9.79. The van der Waals surface area contributed by atoms with Crippen molar-refractivity contribution in [2.24, 2.45) is 0 Å². The van der Waals surface area contributed by atoms with Crippen LogP contribution in [0.3, 0.4) is 0 Å². The Morgan fingerprint density at radius 1 is 1.15 bits per heavy atom. The van der Waals surface area contributed by atoms with E-state index in [1.807, 2.05) is 0 Å². The summed E-state index contributed by atoms with van der Waals surface area (Å²) in [5, 5.41) is 0. The van der Waals surface area contributed by atoms with Crippen molar-refractivity contribution in [3.8, 4) is 5.75 Å². The molecule has 0 aliphatic carbocycles. The fourth-order valence-corrected chi connectivity index (χ4v) is 3.04. The van der Waals surface area contributed by atoms with Gasteiger partial charge in [0.15, 0.2) is 5.54 Å². The maximum atomic E-state index is 12.5. The molecule has 1 aromatic carbocycles. The van der Waals surface area contributed by atoms with Gasteiger partial charge in [0.05, 0.1) is 20.6 Å². The number of methoxy groups -OCH3 is 2. The molecular formula is C19H25NO6. The number of carbonyl (C=O) groups is 3. The Kier molecular flexibility index (Phi) is 5.59. The molecule has 1 unspecified atom stereocenters. The van der Waals surface area contributed by atoms with E-state index in [1.54, 1.807) is 52.1 Å². The first-order valence-electron chi connectivity index (χ1n) is 8.40. The van der Waals surface area contributed by atoms with E-state index in [9.17, 15) is 14.4 Å². The summed E-state index contributed by atoms with van der Waals surface area (Å²) >= 11 is 0. The van der Waals surface area contributed by atoms with Crippen molar-refractivity contribution in [1.82, 2.24) is 0 Å². The molecule has 1 saturated heterocycles. The summed E-state index contributed by atoms with van der Waals surface area (Å²) < 4.78 is 15.3. The van der Waals surface area contributed by atoms with Crippen LogP contribution in [-0.4, -0.2) is 43.2 Å². The van der Waals surface area contributed by atoms with E-state index >= 15 is 0 Å². The minimum absolute atomic E-state index is 0.00546. The molecule has 1 aliphatic heterocycles. The van der Waals surface area contributed by atoms with Crippen molar-refractivity contribution in [1.29, 1.82) is 0 Å². The van der Waals surface area contributed by atoms with Gasteiger partial charge < -0.3 is 14.2 Å². The average molecular weight is 363 g/mol. The van der Waals surface area contributed by atoms with Crippen molar-refractivity contribution in [3.05, 3.63) is 24.3 Å². The number of anilines is 1. The first-order chi connectivity index (χ1) is 12.1. The molecule has 142 valence electrons. The van der Waals surface area contributed by atoms with E-state index in [4.69, 9.17) is 14.2 Å². The Labute approximate surface area is 153 Å². The highest BCUT2D eigenvalue weighted by atomic mass is 16.6. The monoisotopic (exact) mass is 363 g/mol. The van der Waals surface area contributed by atoms with Gasteiger partial charge in [0.1, 0.15) is 11.4 Å². The normalized spacial score (nSPS) is 19.6. The Hall–Kier alpha value is -2.57. The highest BCUT2D eigenvalue weighted by molar-refractivity contribution is 6.12. The van der Waals surface area contributed by atoms with Gasteiger partial charge in [-0.15, -0.1) is 0 Å². The number of esters is 2. The molecule has 0 radical (unpaired) electrons. The minimum atomic E-state index is -1.20. The number of benzene rings is 1. The molecule has 1 fully saturated rings. The van der Waals surface area contributed by atoms with Gasteiger partial charge in [0.2, 0.25) is 5.91 Å². The third kappa shape index (κ3) is 3.98. The SMILES string of the molecule is COC(=O)C1(CCC(=O)OC(C)(C)C)CC(=O)N1c1ccc(OC)cc1. The number of amides is 1. The first kappa shape index (κ1) is 19.8. The van der Waals surface area contributed by atoms with Gasteiger partial charge in [-0.25, -0.2) is 4.79 Å². The zero-order valence-corrected chi connectivity index (χ0v) is 15.8. The third-order valence-electron chi connectivity index (χ3n) is 4.18. The Balaban J connectivity index is 2.23. The largest absolute Gasteiger partial charge is 0.497 e. The zero-order chi connectivity index (χ0) is 19.5. The fourth-order valence-electron chi connectivity index (χ4n) is 3.04. The summed E-state index contributed by atoms with van der Waals surface area (Å²) in [4.78, 5) is 38.2. The topological polar surface area (TPSA) is 82.1 Å². The van der Waals surface area contributed by atoms with Crippen molar-refractivity contribution in [3.63, 3.8) is 0 Å². The number of carbonyl (C=O) groups excluding carboxylic acids is 3.